The highest BCUT2D eigenvalue weighted by Crippen LogP contribution is 2.43. The van der Waals surface area contributed by atoms with Crippen molar-refractivity contribution in [2.24, 2.45) is 0 Å². The van der Waals surface area contributed by atoms with Crippen molar-refractivity contribution >= 4 is 12.4 Å². The minimum Gasteiger partial charge on any atom is -0.496 e. The van der Waals surface area contributed by atoms with E-state index in [2.05, 4.69) is 55.9 Å². The minimum absolute atomic E-state index is 0. The maximum absolute atomic E-state index is 5.66. The molecule has 2 aromatic rings. The smallest absolute Gasteiger partial charge is 0.123 e. The van der Waals surface area contributed by atoms with Crippen LogP contribution in [0.25, 0.3) is 0 Å². The molecule has 1 aromatic carbocycles. The van der Waals surface area contributed by atoms with Crippen molar-refractivity contribution < 1.29 is 4.74 Å². The topological polar surface area (TPSA) is 39.1 Å². The molecule has 1 aliphatic rings. The molecule has 0 spiro atoms. The molecule has 0 saturated heterocycles. The molecule has 0 unspecified atom stereocenters. The van der Waals surface area contributed by atoms with Crippen LogP contribution < -0.4 is 10.1 Å². The Hall–Kier alpha value is -1.52. The predicted molar refractivity (Wildman–Crippen MR) is 109 cm³/mol. The molecular formula is C21H32ClN3O. The van der Waals surface area contributed by atoms with Gasteiger partial charge in [0.05, 0.1) is 12.8 Å². The van der Waals surface area contributed by atoms with Crippen LogP contribution >= 0.6 is 12.4 Å². The van der Waals surface area contributed by atoms with Gasteiger partial charge in [0.2, 0.25) is 0 Å². The van der Waals surface area contributed by atoms with Crippen LogP contribution in [0.4, 0.5) is 0 Å². The second-order valence-corrected chi connectivity index (χ2v) is 7.53. The Morgan fingerprint density at radius 2 is 1.85 bits per heavy atom. The Balaban J connectivity index is 0.00000243. The van der Waals surface area contributed by atoms with Gasteiger partial charge in [0.15, 0.2) is 0 Å². The van der Waals surface area contributed by atoms with Crippen LogP contribution in [0, 0.1) is 13.8 Å². The molecule has 1 fully saturated rings. The normalized spacial score (nSPS) is 15.9. The van der Waals surface area contributed by atoms with Crippen molar-refractivity contribution in [3.63, 3.8) is 0 Å². The standard InChI is InChI=1S/C21H31N3O.ClH/c1-15(2)24-17(4)18(16(3)23-24)14-22-21(12-8-9-13-21)19-10-6-7-11-20(19)25-5;/h6-7,10-11,15,22H,8-9,12-14H2,1-5H3;1H. The Labute approximate surface area is 163 Å². The van der Waals surface area contributed by atoms with E-state index in [9.17, 15) is 0 Å². The fourth-order valence-corrected chi connectivity index (χ4v) is 4.27. The average Bonchev–Trinajstić information content (AvgIpc) is 3.19. The lowest BCUT2D eigenvalue weighted by atomic mass is 9.87. The fourth-order valence-electron chi connectivity index (χ4n) is 4.27. The van der Waals surface area contributed by atoms with Gasteiger partial charge in [-0.3, -0.25) is 4.68 Å². The molecule has 26 heavy (non-hydrogen) atoms. The van der Waals surface area contributed by atoms with Crippen molar-refractivity contribution in [3.05, 3.63) is 46.8 Å². The van der Waals surface area contributed by atoms with Crippen molar-refractivity contribution in [1.29, 1.82) is 0 Å². The SMILES string of the molecule is COc1ccccc1C1(NCc2c(C)nn(C(C)C)c2C)CCCC1.Cl. The van der Waals surface area contributed by atoms with Gasteiger partial charge in [-0.05, 0) is 46.6 Å². The predicted octanol–water partition coefficient (Wildman–Crippen LogP) is 5.07. The Morgan fingerprint density at radius 1 is 1.19 bits per heavy atom. The summed E-state index contributed by atoms with van der Waals surface area (Å²) in [5.74, 6) is 0.989. The Kier molecular flexibility index (Phi) is 6.75. The number of halogens is 1. The van der Waals surface area contributed by atoms with E-state index < -0.39 is 0 Å². The molecule has 1 aliphatic carbocycles. The van der Waals surface area contributed by atoms with Crippen molar-refractivity contribution in [2.75, 3.05) is 7.11 Å². The van der Waals surface area contributed by atoms with Gasteiger partial charge < -0.3 is 10.1 Å². The van der Waals surface area contributed by atoms with Crippen LogP contribution in [-0.4, -0.2) is 16.9 Å². The van der Waals surface area contributed by atoms with Gasteiger partial charge in [-0.2, -0.15) is 5.10 Å². The van der Waals surface area contributed by atoms with Gasteiger partial charge in [-0.15, -0.1) is 12.4 Å². The second-order valence-electron chi connectivity index (χ2n) is 7.53. The summed E-state index contributed by atoms with van der Waals surface area (Å²) in [5, 5.41) is 8.64. The van der Waals surface area contributed by atoms with E-state index in [0.29, 0.717) is 6.04 Å². The molecule has 1 saturated carbocycles. The third-order valence-corrected chi connectivity index (χ3v) is 5.65. The second kappa shape index (κ2) is 8.45. The summed E-state index contributed by atoms with van der Waals surface area (Å²) in [6.07, 6.45) is 4.83. The first-order valence-electron chi connectivity index (χ1n) is 9.41. The largest absolute Gasteiger partial charge is 0.496 e. The number of rotatable bonds is 6. The highest BCUT2D eigenvalue weighted by atomic mass is 35.5. The van der Waals surface area contributed by atoms with Crippen LogP contribution in [0.15, 0.2) is 24.3 Å². The number of nitrogens with one attached hydrogen (secondary N) is 1. The molecule has 1 N–H and O–H groups in total. The van der Waals surface area contributed by atoms with Gasteiger partial charge in [0, 0.05) is 34.9 Å². The monoisotopic (exact) mass is 377 g/mol. The van der Waals surface area contributed by atoms with E-state index >= 15 is 0 Å². The van der Waals surface area contributed by atoms with E-state index in [1.54, 1.807) is 7.11 Å². The lowest BCUT2D eigenvalue weighted by Gasteiger charge is -2.32. The van der Waals surface area contributed by atoms with E-state index in [1.807, 2.05) is 6.07 Å². The number of aromatic nitrogens is 2. The number of ether oxygens (including phenoxy) is 1. The molecule has 0 radical (unpaired) electrons. The summed E-state index contributed by atoms with van der Waals surface area (Å²) in [6.45, 7) is 9.52. The van der Waals surface area contributed by atoms with E-state index in [-0.39, 0.29) is 17.9 Å². The third-order valence-electron chi connectivity index (χ3n) is 5.65. The number of benzene rings is 1. The molecular weight excluding hydrogens is 346 g/mol. The molecule has 1 aromatic heterocycles. The quantitative estimate of drug-likeness (QED) is 0.763. The number of hydrogen-bond donors (Lipinski definition) is 1. The fraction of sp³-hybridized carbons (Fsp3) is 0.571. The molecule has 5 heteroatoms. The van der Waals surface area contributed by atoms with E-state index in [0.717, 1.165) is 30.8 Å². The molecule has 3 rings (SSSR count). The van der Waals surface area contributed by atoms with E-state index in [1.165, 1.54) is 29.7 Å². The zero-order chi connectivity index (χ0) is 18.0. The van der Waals surface area contributed by atoms with Crippen LogP contribution in [-0.2, 0) is 12.1 Å². The summed E-state index contributed by atoms with van der Waals surface area (Å²) in [6, 6.07) is 8.85. The first-order valence-corrected chi connectivity index (χ1v) is 9.41. The third kappa shape index (κ3) is 3.77. The molecule has 4 nitrogen and oxygen atoms in total. The molecule has 0 atom stereocenters. The number of aryl methyl sites for hydroxylation is 1. The van der Waals surface area contributed by atoms with Crippen LogP contribution in [0.3, 0.4) is 0 Å². The van der Waals surface area contributed by atoms with Crippen LogP contribution in [0.1, 0.15) is 68.1 Å². The summed E-state index contributed by atoms with van der Waals surface area (Å²) < 4.78 is 7.80. The van der Waals surface area contributed by atoms with Crippen LogP contribution in [0.2, 0.25) is 0 Å². The zero-order valence-electron chi connectivity index (χ0n) is 16.6. The highest BCUT2D eigenvalue weighted by molar-refractivity contribution is 5.85. The zero-order valence-corrected chi connectivity index (χ0v) is 17.4. The van der Waals surface area contributed by atoms with Gasteiger partial charge in [0.25, 0.3) is 0 Å². The van der Waals surface area contributed by atoms with E-state index in [4.69, 9.17) is 9.84 Å². The molecule has 0 amide bonds. The number of hydrogen-bond acceptors (Lipinski definition) is 3. The summed E-state index contributed by atoms with van der Waals surface area (Å²) in [5.41, 5.74) is 5.03. The number of nitrogens with zero attached hydrogens (tertiary/aromatic N) is 2. The average molecular weight is 378 g/mol. The summed E-state index contributed by atoms with van der Waals surface area (Å²) in [7, 11) is 1.77. The first kappa shape index (κ1) is 20.8. The molecule has 0 bridgehead atoms. The molecule has 0 aliphatic heterocycles. The van der Waals surface area contributed by atoms with Crippen molar-refractivity contribution in [3.8, 4) is 5.75 Å². The van der Waals surface area contributed by atoms with Crippen LogP contribution in [0.5, 0.6) is 5.75 Å². The van der Waals surface area contributed by atoms with Crippen molar-refractivity contribution in [2.45, 2.75) is 71.5 Å². The highest BCUT2D eigenvalue weighted by Gasteiger charge is 2.37. The van der Waals surface area contributed by atoms with Crippen molar-refractivity contribution in [1.82, 2.24) is 15.1 Å². The van der Waals surface area contributed by atoms with Gasteiger partial charge >= 0.3 is 0 Å². The van der Waals surface area contributed by atoms with Gasteiger partial charge in [-0.25, -0.2) is 0 Å². The lowest BCUT2D eigenvalue weighted by molar-refractivity contribution is 0.316. The maximum atomic E-state index is 5.66. The Morgan fingerprint density at radius 3 is 2.42 bits per heavy atom. The maximum Gasteiger partial charge on any atom is 0.123 e. The summed E-state index contributed by atoms with van der Waals surface area (Å²) in [4.78, 5) is 0. The first-order chi connectivity index (χ1) is 12.0. The Bertz CT molecular complexity index is 733. The lowest BCUT2D eigenvalue weighted by Crippen LogP contribution is -2.40. The molecule has 1 heterocycles. The number of methoxy groups -OCH3 is 1. The molecule has 144 valence electrons. The number of para-hydroxylation sites is 1. The van der Waals surface area contributed by atoms with Gasteiger partial charge in [0.1, 0.15) is 5.75 Å². The van der Waals surface area contributed by atoms with Gasteiger partial charge in [-0.1, -0.05) is 31.0 Å². The summed E-state index contributed by atoms with van der Waals surface area (Å²) >= 11 is 0. The minimum atomic E-state index is 0.